The Kier molecular flexibility index (Phi) is 4.13. The Labute approximate surface area is 140 Å². The molecule has 0 fully saturated rings. The van der Waals surface area contributed by atoms with Crippen molar-refractivity contribution in [2.75, 3.05) is 12.8 Å². The van der Waals surface area contributed by atoms with E-state index in [9.17, 15) is 4.79 Å². The second-order valence-corrected chi connectivity index (χ2v) is 5.38. The molecule has 0 bridgehead atoms. The van der Waals surface area contributed by atoms with Crippen LogP contribution in [0.4, 0.5) is 5.69 Å². The van der Waals surface area contributed by atoms with Gasteiger partial charge in [-0.15, -0.1) is 5.10 Å². The fraction of sp³-hybridized carbons (Fsp3) is 0.0667. The zero-order valence-corrected chi connectivity index (χ0v) is 13.3. The highest BCUT2D eigenvalue weighted by Crippen LogP contribution is 2.28. The first kappa shape index (κ1) is 15.5. The lowest BCUT2D eigenvalue weighted by atomic mass is 10.2. The van der Waals surface area contributed by atoms with Gasteiger partial charge in [-0.05, 0) is 12.1 Å². The molecule has 9 heteroatoms. The van der Waals surface area contributed by atoms with Gasteiger partial charge in [-0.1, -0.05) is 22.5 Å². The van der Waals surface area contributed by atoms with Crippen molar-refractivity contribution in [2.24, 2.45) is 0 Å². The SMILES string of the molecule is COC(=O)c1c(N)c(C#N)cn1-c1cccc(Oc2nncs2)c1. The predicted octanol–water partition coefficient (Wildman–Crippen LogP) is 2.36. The van der Waals surface area contributed by atoms with Crippen LogP contribution in [0.5, 0.6) is 10.9 Å². The monoisotopic (exact) mass is 341 g/mol. The summed E-state index contributed by atoms with van der Waals surface area (Å²) in [5, 5.41) is 17.0. The molecule has 0 radical (unpaired) electrons. The van der Waals surface area contributed by atoms with E-state index in [0.717, 1.165) is 0 Å². The summed E-state index contributed by atoms with van der Waals surface area (Å²) < 4.78 is 11.8. The van der Waals surface area contributed by atoms with Crippen LogP contribution in [0.3, 0.4) is 0 Å². The topological polar surface area (TPSA) is 116 Å². The number of hydrogen-bond donors (Lipinski definition) is 1. The van der Waals surface area contributed by atoms with E-state index >= 15 is 0 Å². The number of aromatic nitrogens is 3. The van der Waals surface area contributed by atoms with Gasteiger partial charge in [-0.25, -0.2) is 4.79 Å². The molecule has 1 aromatic carbocycles. The lowest BCUT2D eigenvalue weighted by Crippen LogP contribution is -2.11. The lowest BCUT2D eigenvalue weighted by Gasteiger charge is -2.10. The van der Waals surface area contributed by atoms with Crippen molar-refractivity contribution in [3.05, 3.63) is 47.2 Å². The van der Waals surface area contributed by atoms with Crippen LogP contribution in [0, 0.1) is 11.3 Å². The molecular weight excluding hydrogens is 330 g/mol. The van der Waals surface area contributed by atoms with Gasteiger partial charge in [-0.3, -0.25) is 0 Å². The molecule has 0 aliphatic carbocycles. The molecule has 2 N–H and O–H groups in total. The van der Waals surface area contributed by atoms with Gasteiger partial charge in [-0.2, -0.15) is 5.26 Å². The fourth-order valence-corrected chi connectivity index (χ4v) is 2.55. The summed E-state index contributed by atoms with van der Waals surface area (Å²) in [6.07, 6.45) is 1.48. The Bertz CT molecular complexity index is 927. The minimum absolute atomic E-state index is 0.0693. The van der Waals surface area contributed by atoms with E-state index in [0.29, 0.717) is 16.6 Å². The van der Waals surface area contributed by atoms with Crippen LogP contribution in [0.25, 0.3) is 5.69 Å². The van der Waals surface area contributed by atoms with Crippen LogP contribution < -0.4 is 10.5 Å². The molecule has 0 aliphatic heterocycles. The number of nitriles is 1. The minimum Gasteiger partial charge on any atom is -0.464 e. The first-order valence-corrected chi connectivity index (χ1v) is 7.55. The summed E-state index contributed by atoms with van der Waals surface area (Å²) in [4.78, 5) is 12.0. The third kappa shape index (κ3) is 2.78. The molecule has 0 saturated carbocycles. The van der Waals surface area contributed by atoms with Crippen LogP contribution in [0.1, 0.15) is 16.1 Å². The van der Waals surface area contributed by atoms with Crippen molar-refractivity contribution < 1.29 is 14.3 Å². The molecule has 0 spiro atoms. The van der Waals surface area contributed by atoms with Gasteiger partial charge in [0.05, 0.1) is 18.4 Å². The Balaban J connectivity index is 2.06. The van der Waals surface area contributed by atoms with Crippen molar-refractivity contribution in [3.8, 4) is 22.7 Å². The number of hydrogen-bond acceptors (Lipinski definition) is 8. The first-order valence-electron chi connectivity index (χ1n) is 6.67. The number of anilines is 1. The quantitative estimate of drug-likeness (QED) is 0.724. The number of nitrogens with zero attached hydrogens (tertiary/aromatic N) is 4. The number of ether oxygens (including phenoxy) is 2. The van der Waals surface area contributed by atoms with Gasteiger partial charge in [0, 0.05) is 18.0 Å². The molecule has 3 rings (SSSR count). The summed E-state index contributed by atoms with van der Waals surface area (Å²) in [6, 6.07) is 8.88. The highest BCUT2D eigenvalue weighted by molar-refractivity contribution is 7.11. The van der Waals surface area contributed by atoms with Gasteiger partial charge >= 0.3 is 5.97 Å². The van der Waals surface area contributed by atoms with E-state index < -0.39 is 5.97 Å². The Morgan fingerprint density at radius 3 is 2.96 bits per heavy atom. The molecule has 24 heavy (non-hydrogen) atoms. The number of nitrogen functional groups attached to an aromatic ring is 1. The maximum atomic E-state index is 12.0. The second-order valence-electron chi connectivity index (χ2n) is 4.58. The number of esters is 1. The highest BCUT2D eigenvalue weighted by Gasteiger charge is 2.21. The van der Waals surface area contributed by atoms with Gasteiger partial charge in [0.1, 0.15) is 17.3 Å². The van der Waals surface area contributed by atoms with Crippen LogP contribution in [0.2, 0.25) is 0 Å². The van der Waals surface area contributed by atoms with Crippen molar-refractivity contribution in [3.63, 3.8) is 0 Å². The second kappa shape index (κ2) is 6.39. The number of carbonyl (C=O) groups excluding carboxylic acids is 1. The van der Waals surface area contributed by atoms with Gasteiger partial charge in [0.25, 0.3) is 5.19 Å². The van der Waals surface area contributed by atoms with E-state index in [1.165, 1.54) is 29.2 Å². The number of methoxy groups -OCH3 is 1. The van der Waals surface area contributed by atoms with Crippen molar-refractivity contribution in [1.29, 1.82) is 5.26 Å². The number of rotatable bonds is 4. The average molecular weight is 341 g/mol. The van der Waals surface area contributed by atoms with E-state index in [-0.39, 0.29) is 16.9 Å². The molecular formula is C15H11N5O3S. The summed E-state index contributed by atoms with van der Waals surface area (Å²) in [5.74, 6) is -0.129. The van der Waals surface area contributed by atoms with E-state index in [4.69, 9.17) is 20.5 Å². The molecule has 0 aliphatic rings. The Morgan fingerprint density at radius 2 is 2.29 bits per heavy atom. The Morgan fingerprint density at radius 1 is 1.46 bits per heavy atom. The van der Waals surface area contributed by atoms with Crippen LogP contribution in [-0.2, 0) is 4.74 Å². The smallest absolute Gasteiger partial charge is 0.357 e. The normalized spacial score (nSPS) is 10.2. The molecule has 0 unspecified atom stereocenters. The molecule has 120 valence electrons. The Hall–Kier alpha value is -3.38. The number of nitrogens with two attached hydrogens (primary N) is 1. The molecule has 8 nitrogen and oxygen atoms in total. The third-order valence-electron chi connectivity index (χ3n) is 3.18. The molecule has 2 aromatic heterocycles. The van der Waals surface area contributed by atoms with Crippen LogP contribution in [-0.4, -0.2) is 27.8 Å². The van der Waals surface area contributed by atoms with E-state index in [2.05, 4.69) is 10.2 Å². The molecule has 0 atom stereocenters. The first-order chi connectivity index (χ1) is 11.6. The van der Waals surface area contributed by atoms with Crippen molar-refractivity contribution in [2.45, 2.75) is 0 Å². The number of carbonyl (C=O) groups is 1. The lowest BCUT2D eigenvalue weighted by molar-refractivity contribution is 0.0593. The van der Waals surface area contributed by atoms with Crippen LogP contribution in [0.15, 0.2) is 36.0 Å². The van der Waals surface area contributed by atoms with Crippen molar-refractivity contribution in [1.82, 2.24) is 14.8 Å². The minimum atomic E-state index is -0.635. The van der Waals surface area contributed by atoms with E-state index in [1.54, 1.807) is 29.8 Å². The van der Waals surface area contributed by atoms with Gasteiger partial charge < -0.3 is 19.8 Å². The number of benzene rings is 1. The molecule has 3 aromatic rings. The van der Waals surface area contributed by atoms with Gasteiger partial charge in [0.2, 0.25) is 0 Å². The largest absolute Gasteiger partial charge is 0.464 e. The standard InChI is InChI=1S/C15H11N5O3S/c1-22-14(21)13-12(17)9(6-16)7-20(13)10-3-2-4-11(5-10)23-15-19-18-8-24-15/h2-5,7-8H,17H2,1H3. The summed E-state index contributed by atoms with van der Waals surface area (Å²) in [5.41, 5.74) is 8.37. The predicted molar refractivity (Wildman–Crippen MR) is 86.2 cm³/mol. The summed E-state index contributed by atoms with van der Waals surface area (Å²) in [7, 11) is 1.25. The molecule has 0 amide bonds. The summed E-state index contributed by atoms with van der Waals surface area (Å²) in [6.45, 7) is 0. The average Bonchev–Trinajstić information content (AvgIpc) is 3.22. The zero-order chi connectivity index (χ0) is 17.1. The zero-order valence-electron chi connectivity index (χ0n) is 12.5. The van der Waals surface area contributed by atoms with E-state index in [1.807, 2.05) is 6.07 Å². The van der Waals surface area contributed by atoms with Gasteiger partial charge in [0.15, 0.2) is 5.69 Å². The molecule has 2 heterocycles. The van der Waals surface area contributed by atoms with Crippen molar-refractivity contribution >= 4 is 23.0 Å². The molecule has 0 saturated heterocycles. The highest BCUT2D eigenvalue weighted by atomic mass is 32.1. The summed E-state index contributed by atoms with van der Waals surface area (Å²) >= 11 is 1.25. The fourth-order valence-electron chi connectivity index (χ4n) is 2.12. The maximum Gasteiger partial charge on any atom is 0.357 e. The maximum absolute atomic E-state index is 12.0. The third-order valence-corrected chi connectivity index (χ3v) is 3.75. The van der Waals surface area contributed by atoms with Crippen LogP contribution >= 0.6 is 11.3 Å².